The van der Waals surface area contributed by atoms with Gasteiger partial charge in [-0.15, -0.1) is 11.8 Å². The van der Waals surface area contributed by atoms with Crippen LogP contribution >= 0.6 is 11.8 Å². The highest BCUT2D eigenvalue weighted by Gasteiger charge is 2.11. The molecule has 0 heterocycles. The van der Waals surface area contributed by atoms with E-state index in [0.29, 0.717) is 6.54 Å². The van der Waals surface area contributed by atoms with E-state index in [4.69, 9.17) is 5.11 Å². The average molecular weight is 267 g/mol. The van der Waals surface area contributed by atoms with Gasteiger partial charge in [-0.1, -0.05) is 24.3 Å². The lowest BCUT2D eigenvalue weighted by Gasteiger charge is -2.18. The summed E-state index contributed by atoms with van der Waals surface area (Å²) in [5, 5.41) is 8.49. The Balaban J connectivity index is 2.45. The minimum atomic E-state index is -0.894. The van der Waals surface area contributed by atoms with Gasteiger partial charge in [-0.3, -0.25) is 9.59 Å². The Bertz CT molecular complexity index is 434. The van der Waals surface area contributed by atoms with Gasteiger partial charge in [0.1, 0.15) is 0 Å². The molecule has 98 valence electrons. The van der Waals surface area contributed by atoms with Crippen molar-refractivity contribution in [3.05, 3.63) is 35.4 Å². The van der Waals surface area contributed by atoms with E-state index in [2.05, 4.69) is 0 Å². The van der Waals surface area contributed by atoms with Gasteiger partial charge in [0.05, 0.1) is 11.5 Å². The Labute approximate surface area is 111 Å². The van der Waals surface area contributed by atoms with Crippen molar-refractivity contribution in [2.75, 3.05) is 18.6 Å². The zero-order valence-electron chi connectivity index (χ0n) is 10.5. The number of amides is 1. The molecular formula is C13H17NO3S. The molecule has 0 spiro atoms. The van der Waals surface area contributed by atoms with E-state index in [1.165, 1.54) is 0 Å². The first-order valence-electron chi connectivity index (χ1n) is 5.58. The summed E-state index contributed by atoms with van der Waals surface area (Å²) in [6.07, 6.45) is 0. The molecule has 1 rings (SSSR count). The molecule has 1 N–H and O–H groups in total. The average Bonchev–Trinajstić information content (AvgIpc) is 2.31. The standard InChI is InChI=1S/C13H17NO3S/c1-10-5-3-4-6-11(10)7-14(2)12(15)8-18-9-13(16)17/h3-6H,7-9H2,1-2H3,(H,16,17). The SMILES string of the molecule is Cc1ccccc1CN(C)C(=O)CSCC(=O)O. The van der Waals surface area contributed by atoms with E-state index >= 15 is 0 Å². The smallest absolute Gasteiger partial charge is 0.313 e. The fraction of sp³-hybridized carbons (Fsp3) is 0.385. The number of hydrogen-bond acceptors (Lipinski definition) is 3. The molecule has 0 saturated carbocycles. The number of thioether (sulfide) groups is 1. The summed E-state index contributed by atoms with van der Waals surface area (Å²) in [7, 11) is 1.73. The summed E-state index contributed by atoms with van der Waals surface area (Å²) in [4.78, 5) is 23.7. The zero-order valence-corrected chi connectivity index (χ0v) is 11.4. The number of hydrogen-bond donors (Lipinski definition) is 1. The van der Waals surface area contributed by atoms with Crippen molar-refractivity contribution >= 4 is 23.6 Å². The van der Waals surface area contributed by atoms with Gasteiger partial charge in [-0.2, -0.15) is 0 Å². The number of carbonyl (C=O) groups excluding carboxylic acids is 1. The minimum Gasteiger partial charge on any atom is -0.481 e. The van der Waals surface area contributed by atoms with Crippen LogP contribution in [0.15, 0.2) is 24.3 Å². The molecule has 0 fully saturated rings. The third-order valence-electron chi connectivity index (χ3n) is 2.55. The van der Waals surface area contributed by atoms with E-state index in [1.807, 2.05) is 31.2 Å². The maximum atomic E-state index is 11.8. The molecule has 4 nitrogen and oxygen atoms in total. The summed E-state index contributed by atoms with van der Waals surface area (Å²) in [5.41, 5.74) is 2.26. The van der Waals surface area contributed by atoms with E-state index in [-0.39, 0.29) is 17.4 Å². The molecule has 18 heavy (non-hydrogen) atoms. The molecule has 0 atom stereocenters. The number of carbonyl (C=O) groups is 2. The van der Waals surface area contributed by atoms with Crippen molar-refractivity contribution in [1.29, 1.82) is 0 Å². The Morgan fingerprint density at radius 2 is 1.94 bits per heavy atom. The molecule has 1 aromatic carbocycles. The number of carboxylic acids is 1. The fourth-order valence-corrected chi connectivity index (χ4v) is 2.14. The van der Waals surface area contributed by atoms with E-state index < -0.39 is 5.97 Å². The lowest BCUT2D eigenvalue weighted by atomic mass is 10.1. The number of benzene rings is 1. The Morgan fingerprint density at radius 3 is 2.56 bits per heavy atom. The topological polar surface area (TPSA) is 57.6 Å². The van der Waals surface area contributed by atoms with Crippen LogP contribution in [-0.2, 0) is 16.1 Å². The lowest BCUT2D eigenvalue weighted by Crippen LogP contribution is -2.28. The van der Waals surface area contributed by atoms with E-state index in [0.717, 1.165) is 22.9 Å². The molecule has 1 amide bonds. The van der Waals surface area contributed by atoms with Gasteiger partial charge in [0.15, 0.2) is 0 Å². The molecule has 0 aliphatic rings. The minimum absolute atomic E-state index is 0.0378. The molecule has 0 aliphatic carbocycles. The van der Waals surface area contributed by atoms with Crippen LogP contribution in [0.4, 0.5) is 0 Å². The van der Waals surface area contributed by atoms with Crippen LogP contribution in [-0.4, -0.2) is 40.4 Å². The Kier molecular flexibility index (Phi) is 5.71. The molecule has 1 aromatic rings. The largest absolute Gasteiger partial charge is 0.481 e. The highest BCUT2D eigenvalue weighted by molar-refractivity contribution is 8.00. The predicted octanol–water partition coefficient (Wildman–Crippen LogP) is 1.77. The molecule has 0 aliphatic heterocycles. The van der Waals surface area contributed by atoms with Crippen molar-refractivity contribution in [3.8, 4) is 0 Å². The number of rotatable bonds is 6. The van der Waals surface area contributed by atoms with Crippen LogP contribution < -0.4 is 0 Å². The van der Waals surface area contributed by atoms with Crippen molar-refractivity contribution in [2.24, 2.45) is 0 Å². The van der Waals surface area contributed by atoms with Crippen LogP contribution in [0.3, 0.4) is 0 Å². The number of nitrogens with zero attached hydrogens (tertiary/aromatic N) is 1. The molecule has 0 bridgehead atoms. The molecule has 0 saturated heterocycles. The zero-order chi connectivity index (χ0) is 13.5. The summed E-state index contributed by atoms with van der Waals surface area (Å²) in [6, 6.07) is 7.90. The summed E-state index contributed by atoms with van der Waals surface area (Å²) >= 11 is 1.12. The summed E-state index contributed by atoms with van der Waals surface area (Å²) in [5.74, 6) is -0.780. The normalized spacial score (nSPS) is 10.1. The first kappa shape index (κ1) is 14.6. The molecular weight excluding hydrogens is 250 g/mol. The molecule has 0 radical (unpaired) electrons. The van der Waals surface area contributed by atoms with Gasteiger partial charge < -0.3 is 10.0 Å². The van der Waals surface area contributed by atoms with Gasteiger partial charge in [0, 0.05) is 13.6 Å². The second-order valence-electron chi connectivity index (χ2n) is 4.06. The van der Waals surface area contributed by atoms with Crippen LogP contribution in [0.5, 0.6) is 0 Å². The summed E-state index contributed by atoms with van der Waals surface area (Å²) in [6.45, 7) is 2.56. The first-order chi connectivity index (χ1) is 8.50. The van der Waals surface area contributed by atoms with Crippen molar-refractivity contribution < 1.29 is 14.7 Å². The molecule has 0 unspecified atom stereocenters. The molecule has 5 heteroatoms. The van der Waals surface area contributed by atoms with Crippen LogP contribution in [0.2, 0.25) is 0 Å². The highest BCUT2D eigenvalue weighted by Crippen LogP contribution is 2.10. The van der Waals surface area contributed by atoms with Crippen LogP contribution in [0.25, 0.3) is 0 Å². The van der Waals surface area contributed by atoms with Gasteiger partial charge >= 0.3 is 5.97 Å². The van der Waals surface area contributed by atoms with Gasteiger partial charge in [0.25, 0.3) is 0 Å². The maximum Gasteiger partial charge on any atom is 0.313 e. The van der Waals surface area contributed by atoms with Gasteiger partial charge in [-0.05, 0) is 18.1 Å². The second-order valence-corrected chi connectivity index (χ2v) is 5.05. The highest BCUT2D eigenvalue weighted by atomic mass is 32.2. The Morgan fingerprint density at radius 1 is 1.28 bits per heavy atom. The first-order valence-corrected chi connectivity index (χ1v) is 6.74. The monoisotopic (exact) mass is 267 g/mol. The summed E-state index contributed by atoms with van der Waals surface area (Å²) < 4.78 is 0. The third kappa shape index (κ3) is 4.79. The lowest BCUT2D eigenvalue weighted by molar-refractivity contribution is -0.133. The number of aryl methyl sites for hydroxylation is 1. The fourth-order valence-electron chi connectivity index (χ4n) is 1.47. The van der Waals surface area contributed by atoms with Gasteiger partial charge in [0.2, 0.25) is 5.91 Å². The number of carboxylic acid groups (broad SMARTS) is 1. The Hall–Kier alpha value is -1.49. The van der Waals surface area contributed by atoms with Crippen molar-refractivity contribution in [3.63, 3.8) is 0 Å². The third-order valence-corrected chi connectivity index (χ3v) is 3.45. The second kappa shape index (κ2) is 7.06. The van der Waals surface area contributed by atoms with Crippen molar-refractivity contribution in [1.82, 2.24) is 4.90 Å². The molecule has 0 aromatic heterocycles. The van der Waals surface area contributed by atoms with Crippen LogP contribution in [0.1, 0.15) is 11.1 Å². The van der Waals surface area contributed by atoms with E-state index in [9.17, 15) is 9.59 Å². The van der Waals surface area contributed by atoms with Crippen LogP contribution in [0, 0.1) is 6.92 Å². The van der Waals surface area contributed by atoms with E-state index in [1.54, 1.807) is 11.9 Å². The maximum absolute atomic E-state index is 11.8. The predicted molar refractivity (Wildman–Crippen MR) is 72.6 cm³/mol. The number of aliphatic carboxylic acids is 1. The van der Waals surface area contributed by atoms with Gasteiger partial charge in [-0.25, -0.2) is 0 Å². The quantitative estimate of drug-likeness (QED) is 0.853. The van der Waals surface area contributed by atoms with Crippen molar-refractivity contribution in [2.45, 2.75) is 13.5 Å².